The molecule has 0 fully saturated rings. The van der Waals surface area contributed by atoms with Crippen molar-refractivity contribution in [2.24, 2.45) is 0 Å². The van der Waals surface area contributed by atoms with Crippen LogP contribution in [0.3, 0.4) is 0 Å². The van der Waals surface area contributed by atoms with Gasteiger partial charge in [0.1, 0.15) is 0 Å². The van der Waals surface area contributed by atoms with Gasteiger partial charge in [-0.3, -0.25) is 19.7 Å². The van der Waals surface area contributed by atoms with E-state index in [2.05, 4.69) is 0 Å². The third-order valence-electron chi connectivity index (χ3n) is 1.44. The maximum absolute atomic E-state index is 10.8. The maximum Gasteiger partial charge on any atom is 0.273 e. The predicted molar refractivity (Wildman–Crippen MR) is 38.8 cm³/mol. The molecule has 0 aliphatic heterocycles. The van der Waals surface area contributed by atoms with Crippen LogP contribution in [-0.2, 0) is 9.59 Å². The van der Waals surface area contributed by atoms with Crippen LogP contribution in [0.25, 0.3) is 0 Å². The van der Waals surface area contributed by atoms with Gasteiger partial charge in [-0.15, -0.1) is 0 Å². The number of allylic oxidation sites excluding steroid dienone is 3. The molecule has 62 valence electrons. The third kappa shape index (κ3) is 1.29. The molecule has 0 unspecified atom stereocenters. The van der Waals surface area contributed by atoms with E-state index in [1.807, 2.05) is 0 Å². The fourth-order valence-electron chi connectivity index (χ4n) is 0.829. The molecular weight excluding hydrogens is 162 g/mol. The number of rotatable bonds is 1. The minimum absolute atomic E-state index is 0.106. The molecule has 0 N–H and O–H groups in total. The third-order valence-corrected chi connectivity index (χ3v) is 1.44. The number of hydrogen-bond acceptors (Lipinski definition) is 4. The normalized spacial score (nSPS) is 17.1. The van der Waals surface area contributed by atoms with Gasteiger partial charge in [0.2, 0.25) is 11.6 Å². The van der Waals surface area contributed by atoms with Crippen molar-refractivity contribution in [2.75, 3.05) is 0 Å². The molecule has 0 aromatic carbocycles. The van der Waals surface area contributed by atoms with E-state index in [9.17, 15) is 19.7 Å². The number of nitrogens with zero attached hydrogens (tertiary/aromatic N) is 1. The van der Waals surface area contributed by atoms with Crippen molar-refractivity contribution in [3.63, 3.8) is 0 Å². The molecule has 0 spiro atoms. The van der Waals surface area contributed by atoms with Crippen LogP contribution in [0.15, 0.2) is 23.4 Å². The van der Waals surface area contributed by atoms with E-state index < -0.39 is 16.5 Å². The van der Waals surface area contributed by atoms with Gasteiger partial charge in [0.25, 0.3) is 5.70 Å². The van der Waals surface area contributed by atoms with Crippen molar-refractivity contribution >= 4 is 11.6 Å². The molecule has 0 radical (unpaired) electrons. The van der Waals surface area contributed by atoms with E-state index in [1.165, 1.54) is 6.92 Å². The maximum atomic E-state index is 10.8. The Balaban J connectivity index is 3.11. The summed E-state index contributed by atoms with van der Waals surface area (Å²) in [5.41, 5.74) is -0.230. The average molecular weight is 167 g/mol. The average Bonchev–Trinajstić information content (AvgIpc) is 1.99. The van der Waals surface area contributed by atoms with Gasteiger partial charge in [-0.2, -0.15) is 0 Å². The predicted octanol–water partition coefficient (Wildman–Crippen LogP) is 0.245. The summed E-state index contributed by atoms with van der Waals surface area (Å²) in [5, 5.41) is 10.2. The van der Waals surface area contributed by atoms with Crippen LogP contribution in [0.4, 0.5) is 0 Å². The van der Waals surface area contributed by atoms with Crippen LogP contribution in [0.1, 0.15) is 6.92 Å². The summed E-state index contributed by atoms with van der Waals surface area (Å²) in [6, 6.07) is 0. The Hall–Kier alpha value is -1.78. The van der Waals surface area contributed by atoms with Gasteiger partial charge >= 0.3 is 0 Å². The number of carbonyl (C=O) groups is 2. The van der Waals surface area contributed by atoms with Crippen LogP contribution in [0.5, 0.6) is 0 Å². The van der Waals surface area contributed by atoms with Crippen molar-refractivity contribution in [3.8, 4) is 0 Å². The second-order valence-corrected chi connectivity index (χ2v) is 2.35. The standard InChI is InChI=1S/C7H5NO4/c1-4-2-5(8(11)12)3-6(9)7(4)10/h2-3H,1H3. The minimum Gasteiger partial charge on any atom is -0.285 e. The molecule has 0 bridgehead atoms. The SMILES string of the molecule is CC1=CC([N+](=O)[O-])=CC(=O)C1=O. The molecule has 5 nitrogen and oxygen atoms in total. The highest BCUT2D eigenvalue weighted by Crippen LogP contribution is 2.11. The van der Waals surface area contributed by atoms with E-state index in [4.69, 9.17) is 0 Å². The monoisotopic (exact) mass is 167 g/mol. The molecule has 1 aliphatic rings. The zero-order valence-electron chi connectivity index (χ0n) is 6.23. The van der Waals surface area contributed by atoms with E-state index in [-0.39, 0.29) is 11.3 Å². The number of hydrogen-bond donors (Lipinski definition) is 0. The molecule has 5 heteroatoms. The summed E-state index contributed by atoms with van der Waals surface area (Å²) < 4.78 is 0. The van der Waals surface area contributed by atoms with E-state index in [1.54, 1.807) is 0 Å². The minimum atomic E-state index is -0.832. The quantitative estimate of drug-likeness (QED) is 0.242. The molecule has 0 saturated heterocycles. The van der Waals surface area contributed by atoms with Crippen molar-refractivity contribution in [1.82, 2.24) is 0 Å². The summed E-state index contributed by atoms with van der Waals surface area (Å²) >= 11 is 0. The molecule has 12 heavy (non-hydrogen) atoms. The Labute approximate surface area is 67.5 Å². The zero-order chi connectivity index (χ0) is 9.30. The molecule has 0 aromatic heterocycles. The highest BCUT2D eigenvalue weighted by molar-refractivity contribution is 6.48. The fraction of sp³-hybridized carbons (Fsp3) is 0.143. The van der Waals surface area contributed by atoms with E-state index in [0.717, 1.165) is 12.2 Å². The first-order valence-electron chi connectivity index (χ1n) is 3.15. The summed E-state index contributed by atoms with van der Waals surface area (Å²) in [6.07, 6.45) is 1.82. The zero-order valence-corrected chi connectivity index (χ0v) is 6.23. The fourth-order valence-corrected chi connectivity index (χ4v) is 0.829. The van der Waals surface area contributed by atoms with Gasteiger partial charge in [0.15, 0.2) is 0 Å². The lowest BCUT2D eigenvalue weighted by atomic mass is 10.0. The Morgan fingerprint density at radius 3 is 2.33 bits per heavy atom. The van der Waals surface area contributed by atoms with Crippen molar-refractivity contribution < 1.29 is 14.5 Å². The number of nitro groups is 1. The molecule has 0 heterocycles. The van der Waals surface area contributed by atoms with Gasteiger partial charge < -0.3 is 0 Å². The second kappa shape index (κ2) is 2.69. The van der Waals surface area contributed by atoms with E-state index >= 15 is 0 Å². The summed E-state index contributed by atoms with van der Waals surface area (Å²) in [5.74, 6) is -1.51. The van der Waals surface area contributed by atoms with Crippen LogP contribution in [-0.4, -0.2) is 16.5 Å². The van der Waals surface area contributed by atoms with Gasteiger partial charge in [0, 0.05) is 11.6 Å². The Bertz CT molecular complexity index is 337. The molecule has 0 aromatic rings. The second-order valence-electron chi connectivity index (χ2n) is 2.35. The van der Waals surface area contributed by atoms with Crippen molar-refractivity contribution in [3.05, 3.63) is 33.5 Å². The first-order chi connectivity index (χ1) is 5.52. The van der Waals surface area contributed by atoms with Crippen LogP contribution < -0.4 is 0 Å². The molecule has 0 saturated carbocycles. The lowest BCUT2D eigenvalue weighted by Gasteiger charge is -2.01. The lowest BCUT2D eigenvalue weighted by molar-refractivity contribution is -0.419. The molecular formula is C7H5NO4. The summed E-state index contributed by atoms with van der Waals surface area (Å²) in [7, 11) is 0. The number of carbonyl (C=O) groups excluding carboxylic acids is 2. The van der Waals surface area contributed by atoms with Crippen molar-refractivity contribution in [2.45, 2.75) is 6.92 Å². The van der Waals surface area contributed by atoms with Crippen LogP contribution in [0.2, 0.25) is 0 Å². The first kappa shape index (κ1) is 8.32. The molecule has 0 atom stereocenters. The molecule has 1 aliphatic carbocycles. The van der Waals surface area contributed by atoms with Crippen LogP contribution in [0, 0.1) is 10.1 Å². The largest absolute Gasteiger partial charge is 0.285 e. The molecule has 1 rings (SSSR count). The highest BCUT2D eigenvalue weighted by Gasteiger charge is 2.24. The van der Waals surface area contributed by atoms with Crippen molar-refractivity contribution in [1.29, 1.82) is 0 Å². The highest BCUT2D eigenvalue weighted by atomic mass is 16.6. The number of ketones is 2. The van der Waals surface area contributed by atoms with Gasteiger partial charge in [0.05, 0.1) is 11.0 Å². The van der Waals surface area contributed by atoms with Gasteiger partial charge in [-0.05, 0) is 6.92 Å². The lowest BCUT2D eigenvalue weighted by Crippen LogP contribution is -2.18. The Morgan fingerprint density at radius 1 is 1.33 bits per heavy atom. The first-order valence-corrected chi connectivity index (χ1v) is 3.15. The van der Waals surface area contributed by atoms with Crippen LogP contribution >= 0.6 is 0 Å². The summed E-state index contributed by atoms with van der Waals surface area (Å²) in [6.45, 7) is 1.37. The Kier molecular flexibility index (Phi) is 1.86. The van der Waals surface area contributed by atoms with Gasteiger partial charge in [-0.1, -0.05) is 0 Å². The topological polar surface area (TPSA) is 77.3 Å². The Morgan fingerprint density at radius 2 is 1.92 bits per heavy atom. The number of Topliss-reactive ketones (excluding diaryl/α,β-unsaturated/α-hetero) is 1. The van der Waals surface area contributed by atoms with E-state index in [0.29, 0.717) is 0 Å². The smallest absolute Gasteiger partial charge is 0.273 e. The molecule has 0 amide bonds. The van der Waals surface area contributed by atoms with Gasteiger partial charge in [-0.25, -0.2) is 0 Å². The summed E-state index contributed by atoms with van der Waals surface area (Å²) in [4.78, 5) is 31.0.